The molecule has 5 rings (SSSR count). The lowest BCUT2D eigenvalue weighted by atomic mass is 9.47. The number of hydrogen-bond acceptors (Lipinski definition) is 1. The van der Waals surface area contributed by atoms with Crippen LogP contribution < -0.4 is 0 Å². The molecular weight excluding hydrogens is 428 g/mol. The lowest BCUT2D eigenvalue weighted by Crippen LogP contribution is -2.50. The van der Waals surface area contributed by atoms with Crippen LogP contribution in [0.4, 0.5) is 0 Å². The van der Waals surface area contributed by atoms with Gasteiger partial charge < -0.3 is 0 Å². The second-order valence-electron chi connectivity index (χ2n) is 13.6. The van der Waals surface area contributed by atoms with Gasteiger partial charge in [-0.1, -0.05) is 83.7 Å². The van der Waals surface area contributed by atoms with E-state index >= 15 is 0 Å². The Hall–Kier alpha value is -0.690. The van der Waals surface area contributed by atoms with Gasteiger partial charge in [-0.25, -0.2) is 0 Å². The molecule has 0 amide bonds. The molecule has 4 aliphatic rings. The Morgan fingerprint density at radius 3 is 2.47 bits per heavy atom. The van der Waals surface area contributed by atoms with Gasteiger partial charge in [-0.3, -0.25) is 0 Å². The summed E-state index contributed by atoms with van der Waals surface area (Å²) in [6.45, 7) is 12.8. The van der Waals surface area contributed by atoms with Gasteiger partial charge in [0.1, 0.15) is 0 Å². The fourth-order valence-corrected chi connectivity index (χ4v) is 10.6. The van der Waals surface area contributed by atoms with Gasteiger partial charge in [0, 0.05) is 10.1 Å². The molecule has 3 fully saturated rings. The van der Waals surface area contributed by atoms with Crippen LogP contribution in [-0.4, -0.2) is 5.25 Å². The molecule has 0 aromatic heterocycles. The summed E-state index contributed by atoms with van der Waals surface area (Å²) in [6.07, 6.45) is 18.6. The van der Waals surface area contributed by atoms with Crippen molar-refractivity contribution in [2.75, 3.05) is 0 Å². The maximum Gasteiger partial charge on any atom is 0.0132 e. The quantitative estimate of drug-likeness (QED) is 0.351. The van der Waals surface area contributed by atoms with Gasteiger partial charge in [0.2, 0.25) is 0 Å². The number of fused-ring (bicyclic) bond motifs is 5. The van der Waals surface area contributed by atoms with Crippen molar-refractivity contribution < 1.29 is 0 Å². The minimum atomic E-state index is 0.485. The van der Waals surface area contributed by atoms with Crippen LogP contribution in [0.2, 0.25) is 0 Å². The summed E-state index contributed by atoms with van der Waals surface area (Å²) in [5.41, 5.74) is 2.94. The standard InChI is InChI=1S/C33H50S/c1-23(2)10-9-11-24(3)29-16-17-30-28-15-14-25-22-27(34-26-12-7-6-8-13-26)18-20-32(25,4)31(28)19-21-33(29,30)5/h6-8,12-14,23-24,27-31H,9-11,15-22H2,1-5H3. The molecule has 0 heterocycles. The molecule has 34 heavy (non-hydrogen) atoms. The van der Waals surface area contributed by atoms with E-state index in [0.29, 0.717) is 10.8 Å². The first-order chi connectivity index (χ1) is 16.3. The third-order valence-corrected chi connectivity index (χ3v) is 12.6. The first-order valence-electron chi connectivity index (χ1n) is 14.7. The highest BCUT2D eigenvalue weighted by Gasteiger charge is 2.59. The lowest BCUT2D eigenvalue weighted by molar-refractivity contribution is -0.0497. The molecule has 3 saturated carbocycles. The first kappa shape index (κ1) is 25.0. The third-order valence-electron chi connectivity index (χ3n) is 11.3. The van der Waals surface area contributed by atoms with Crippen LogP contribution >= 0.6 is 11.8 Å². The summed E-state index contributed by atoms with van der Waals surface area (Å²) >= 11 is 2.13. The average molecular weight is 479 g/mol. The van der Waals surface area contributed by atoms with E-state index in [2.05, 4.69) is 82.8 Å². The predicted molar refractivity (Wildman–Crippen MR) is 149 cm³/mol. The molecule has 0 saturated heterocycles. The smallest absolute Gasteiger partial charge is 0.0132 e. The number of allylic oxidation sites excluding steroid dienone is 2. The Kier molecular flexibility index (Phi) is 7.34. The number of thioether (sulfide) groups is 1. The maximum absolute atomic E-state index is 2.77. The summed E-state index contributed by atoms with van der Waals surface area (Å²) in [6, 6.07) is 11.1. The van der Waals surface area contributed by atoms with E-state index in [-0.39, 0.29) is 0 Å². The number of hydrogen-bond donors (Lipinski definition) is 0. The molecule has 188 valence electrons. The Bertz CT molecular complexity index is 855. The molecule has 1 heteroatoms. The van der Waals surface area contributed by atoms with Crippen LogP contribution in [0.5, 0.6) is 0 Å². The van der Waals surface area contributed by atoms with Crippen molar-refractivity contribution in [3.63, 3.8) is 0 Å². The Morgan fingerprint density at radius 1 is 0.912 bits per heavy atom. The molecule has 0 aliphatic heterocycles. The van der Waals surface area contributed by atoms with Gasteiger partial charge >= 0.3 is 0 Å². The van der Waals surface area contributed by atoms with Crippen LogP contribution in [0.15, 0.2) is 46.9 Å². The predicted octanol–water partition coefficient (Wildman–Crippen LogP) is 10.2. The highest BCUT2D eigenvalue weighted by Crippen LogP contribution is 2.67. The monoisotopic (exact) mass is 478 g/mol. The zero-order chi connectivity index (χ0) is 23.9. The van der Waals surface area contributed by atoms with E-state index in [1.54, 1.807) is 0 Å². The number of benzene rings is 1. The van der Waals surface area contributed by atoms with E-state index in [0.717, 1.165) is 40.8 Å². The van der Waals surface area contributed by atoms with Gasteiger partial charge in [0.05, 0.1) is 0 Å². The molecule has 0 nitrogen and oxygen atoms in total. The van der Waals surface area contributed by atoms with Crippen LogP contribution in [0.3, 0.4) is 0 Å². The van der Waals surface area contributed by atoms with Crippen molar-refractivity contribution in [2.45, 2.75) is 115 Å². The first-order valence-corrected chi connectivity index (χ1v) is 15.6. The highest BCUT2D eigenvalue weighted by atomic mass is 32.2. The summed E-state index contributed by atoms with van der Waals surface area (Å²) in [7, 11) is 0. The summed E-state index contributed by atoms with van der Waals surface area (Å²) in [4.78, 5) is 1.46. The summed E-state index contributed by atoms with van der Waals surface area (Å²) in [5.74, 6) is 5.64. The van der Waals surface area contributed by atoms with Crippen molar-refractivity contribution in [1.29, 1.82) is 0 Å². The molecule has 1 aromatic rings. The van der Waals surface area contributed by atoms with Crippen molar-refractivity contribution in [3.8, 4) is 0 Å². The number of rotatable bonds is 7. The molecule has 1 aromatic carbocycles. The molecule has 8 atom stereocenters. The van der Waals surface area contributed by atoms with Crippen LogP contribution in [0.1, 0.15) is 105 Å². The van der Waals surface area contributed by atoms with Crippen LogP contribution in [0.25, 0.3) is 0 Å². The van der Waals surface area contributed by atoms with Crippen molar-refractivity contribution in [2.24, 2.45) is 46.3 Å². The average Bonchev–Trinajstić information content (AvgIpc) is 3.17. The summed E-state index contributed by atoms with van der Waals surface area (Å²) < 4.78 is 0. The minimum absolute atomic E-state index is 0.485. The van der Waals surface area contributed by atoms with E-state index < -0.39 is 0 Å². The fraction of sp³-hybridized carbons (Fsp3) is 0.758. The molecule has 8 unspecified atom stereocenters. The SMILES string of the molecule is CC(C)CCCC(C)C1CCC2C3CC=C4CC(Sc5ccccc5)CCC4(C)C3CCC12C. The second kappa shape index (κ2) is 9.99. The third kappa shape index (κ3) is 4.57. The molecule has 0 radical (unpaired) electrons. The largest absolute Gasteiger partial charge is 0.122 e. The van der Waals surface area contributed by atoms with Crippen molar-refractivity contribution in [1.82, 2.24) is 0 Å². The molecular formula is C33H50S. The van der Waals surface area contributed by atoms with Gasteiger partial charge in [-0.2, -0.15) is 0 Å². The highest BCUT2D eigenvalue weighted by molar-refractivity contribution is 8.00. The van der Waals surface area contributed by atoms with Crippen LogP contribution in [-0.2, 0) is 0 Å². The maximum atomic E-state index is 2.77. The van der Waals surface area contributed by atoms with Crippen molar-refractivity contribution >= 4 is 11.8 Å². The minimum Gasteiger partial charge on any atom is -0.122 e. The van der Waals surface area contributed by atoms with Crippen LogP contribution in [0, 0.1) is 46.3 Å². The zero-order valence-corrected chi connectivity index (χ0v) is 23.5. The molecule has 0 bridgehead atoms. The second-order valence-corrected chi connectivity index (χ2v) is 15.0. The Labute approximate surface area is 215 Å². The Balaban J connectivity index is 1.27. The van der Waals surface area contributed by atoms with Gasteiger partial charge in [0.15, 0.2) is 0 Å². The molecule has 4 aliphatic carbocycles. The topological polar surface area (TPSA) is 0 Å². The normalized spacial score (nSPS) is 40.3. The van der Waals surface area contributed by atoms with E-state index in [4.69, 9.17) is 0 Å². The fourth-order valence-electron chi connectivity index (χ4n) is 9.44. The van der Waals surface area contributed by atoms with Crippen molar-refractivity contribution in [3.05, 3.63) is 42.0 Å². The molecule has 0 N–H and O–H groups in total. The summed E-state index contributed by atoms with van der Waals surface area (Å²) in [5, 5.41) is 0.773. The van der Waals surface area contributed by atoms with E-state index in [1.807, 2.05) is 5.57 Å². The van der Waals surface area contributed by atoms with E-state index in [9.17, 15) is 0 Å². The molecule has 0 spiro atoms. The van der Waals surface area contributed by atoms with Gasteiger partial charge in [0.25, 0.3) is 0 Å². The van der Waals surface area contributed by atoms with Gasteiger partial charge in [-0.05, 0) is 110 Å². The zero-order valence-electron chi connectivity index (χ0n) is 22.7. The van der Waals surface area contributed by atoms with E-state index in [1.165, 1.54) is 75.5 Å². The lowest BCUT2D eigenvalue weighted by Gasteiger charge is -2.58. The van der Waals surface area contributed by atoms with Gasteiger partial charge in [-0.15, -0.1) is 11.8 Å². The Morgan fingerprint density at radius 2 is 1.71 bits per heavy atom.